The lowest BCUT2D eigenvalue weighted by atomic mass is 9.98. The Morgan fingerprint density at radius 2 is 1.94 bits per heavy atom. The van der Waals surface area contributed by atoms with Crippen molar-refractivity contribution in [2.75, 3.05) is 24.7 Å². The second-order valence-electron chi connectivity index (χ2n) is 8.60. The van der Waals surface area contributed by atoms with Crippen molar-refractivity contribution in [3.63, 3.8) is 0 Å². The molecule has 2 unspecified atom stereocenters. The summed E-state index contributed by atoms with van der Waals surface area (Å²) in [7, 11) is 4.15. The third-order valence-electron chi connectivity index (χ3n) is 6.67. The third-order valence-corrected chi connectivity index (χ3v) is 6.67. The maximum absolute atomic E-state index is 7.93. The SMILES string of the molecule is CCn1ncc(-c2ccc(-c3ccc(N(C)C4CCCCC(NC)C4)nn3)c(N)c2C=N)n1. The average molecular weight is 448 g/mol. The molecule has 174 valence electrons. The van der Waals surface area contributed by atoms with Gasteiger partial charge in [0.05, 0.1) is 24.1 Å². The van der Waals surface area contributed by atoms with Crippen LogP contribution in [0.3, 0.4) is 0 Å². The summed E-state index contributed by atoms with van der Waals surface area (Å²) in [5.41, 5.74) is 10.5. The molecule has 0 bridgehead atoms. The second kappa shape index (κ2) is 10.1. The van der Waals surface area contributed by atoms with Gasteiger partial charge in [0.2, 0.25) is 0 Å². The Bertz CT molecular complexity index is 1090. The van der Waals surface area contributed by atoms with Gasteiger partial charge in [-0.1, -0.05) is 18.9 Å². The molecule has 0 saturated heterocycles. The summed E-state index contributed by atoms with van der Waals surface area (Å²) in [6, 6.07) is 8.78. The van der Waals surface area contributed by atoms with Crippen molar-refractivity contribution in [2.24, 2.45) is 0 Å². The van der Waals surface area contributed by atoms with Crippen LogP contribution in [-0.2, 0) is 6.54 Å². The van der Waals surface area contributed by atoms with Crippen molar-refractivity contribution in [3.8, 4) is 22.5 Å². The molecule has 1 fully saturated rings. The van der Waals surface area contributed by atoms with Crippen molar-refractivity contribution in [1.82, 2.24) is 30.5 Å². The fourth-order valence-electron chi connectivity index (χ4n) is 4.60. The van der Waals surface area contributed by atoms with Gasteiger partial charge in [0.25, 0.3) is 0 Å². The van der Waals surface area contributed by atoms with Crippen LogP contribution >= 0.6 is 0 Å². The molecule has 9 heteroatoms. The van der Waals surface area contributed by atoms with Crippen LogP contribution in [0.5, 0.6) is 0 Å². The van der Waals surface area contributed by atoms with E-state index in [2.05, 4.69) is 37.7 Å². The lowest BCUT2D eigenvalue weighted by molar-refractivity contribution is 0.457. The standard InChI is InChI=1S/C24H33N9/c1-4-33-28-15-22(31-33)18-9-10-19(24(26)20(18)14-25)21-11-12-23(30-29-21)32(3)17-8-6-5-7-16(13-17)27-2/h9-12,14-17,25,27H,4-8,13,26H2,1-3H3. The molecule has 0 amide bonds. The van der Waals surface area contributed by atoms with Gasteiger partial charge in [-0.05, 0) is 51.4 Å². The minimum atomic E-state index is 0.440. The summed E-state index contributed by atoms with van der Waals surface area (Å²) in [5.74, 6) is 0.860. The number of nitrogens with zero attached hydrogens (tertiary/aromatic N) is 6. The van der Waals surface area contributed by atoms with Crippen LogP contribution in [0.1, 0.15) is 44.6 Å². The minimum Gasteiger partial charge on any atom is -0.398 e. The summed E-state index contributed by atoms with van der Waals surface area (Å²) in [6.07, 6.45) is 8.96. The Labute approximate surface area is 194 Å². The Morgan fingerprint density at radius 1 is 1.15 bits per heavy atom. The topological polar surface area (TPSA) is 122 Å². The van der Waals surface area contributed by atoms with E-state index in [4.69, 9.17) is 11.1 Å². The van der Waals surface area contributed by atoms with Gasteiger partial charge in [-0.2, -0.15) is 15.0 Å². The molecular formula is C24H33N9. The van der Waals surface area contributed by atoms with Gasteiger partial charge < -0.3 is 21.4 Å². The highest BCUT2D eigenvalue weighted by molar-refractivity contribution is 5.99. The van der Waals surface area contributed by atoms with Crippen LogP contribution in [0.25, 0.3) is 22.5 Å². The molecule has 4 N–H and O–H groups in total. The van der Waals surface area contributed by atoms with E-state index in [9.17, 15) is 0 Å². The van der Waals surface area contributed by atoms with Crippen LogP contribution in [-0.4, -0.2) is 57.6 Å². The summed E-state index contributed by atoms with van der Waals surface area (Å²) in [4.78, 5) is 3.86. The van der Waals surface area contributed by atoms with Crippen molar-refractivity contribution < 1.29 is 0 Å². The first-order valence-electron chi connectivity index (χ1n) is 11.6. The number of aryl methyl sites for hydroxylation is 1. The molecular weight excluding hydrogens is 414 g/mol. The molecule has 1 aromatic carbocycles. The van der Waals surface area contributed by atoms with Gasteiger partial charge in [-0.25, -0.2) is 0 Å². The fraction of sp³-hybridized carbons (Fsp3) is 0.458. The summed E-state index contributed by atoms with van der Waals surface area (Å²) in [6.45, 7) is 2.66. The number of hydrogen-bond donors (Lipinski definition) is 3. The molecule has 1 aliphatic carbocycles. The predicted octanol–water partition coefficient (Wildman–Crippen LogP) is 3.36. The maximum Gasteiger partial charge on any atom is 0.151 e. The summed E-state index contributed by atoms with van der Waals surface area (Å²) >= 11 is 0. The molecule has 0 radical (unpaired) electrons. The summed E-state index contributed by atoms with van der Waals surface area (Å²) < 4.78 is 0. The first-order chi connectivity index (χ1) is 16.0. The Hall–Kier alpha value is -3.33. The number of hydrogen-bond acceptors (Lipinski definition) is 8. The molecule has 2 aromatic heterocycles. The van der Waals surface area contributed by atoms with Crippen molar-refractivity contribution in [2.45, 2.75) is 57.7 Å². The second-order valence-corrected chi connectivity index (χ2v) is 8.60. The van der Waals surface area contributed by atoms with E-state index in [1.807, 2.05) is 38.2 Å². The Kier molecular flexibility index (Phi) is 6.98. The van der Waals surface area contributed by atoms with Crippen molar-refractivity contribution >= 4 is 17.7 Å². The molecule has 2 heterocycles. The number of benzene rings is 1. The zero-order valence-corrected chi connectivity index (χ0v) is 19.6. The average Bonchev–Trinajstić information content (AvgIpc) is 3.20. The molecule has 2 atom stereocenters. The lowest BCUT2D eigenvalue weighted by Gasteiger charge is -2.30. The van der Waals surface area contributed by atoms with E-state index in [0.29, 0.717) is 41.3 Å². The van der Waals surface area contributed by atoms with E-state index in [1.165, 1.54) is 25.5 Å². The van der Waals surface area contributed by atoms with E-state index in [0.717, 1.165) is 29.8 Å². The molecule has 0 aliphatic heterocycles. The number of nitrogens with one attached hydrogen (secondary N) is 2. The van der Waals surface area contributed by atoms with Crippen LogP contribution in [0.15, 0.2) is 30.5 Å². The summed E-state index contributed by atoms with van der Waals surface area (Å²) in [5, 5.41) is 29.1. The van der Waals surface area contributed by atoms with E-state index in [1.54, 1.807) is 11.0 Å². The van der Waals surface area contributed by atoms with E-state index < -0.39 is 0 Å². The molecule has 9 nitrogen and oxygen atoms in total. The number of aromatic nitrogens is 5. The monoisotopic (exact) mass is 447 g/mol. The quantitative estimate of drug-likeness (QED) is 0.288. The number of nitrogens with two attached hydrogens (primary N) is 1. The predicted molar refractivity (Wildman–Crippen MR) is 133 cm³/mol. The molecule has 33 heavy (non-hydrogen) atoms. The van der Waals surface area contributed by atoms with Crippen molar-refractivity contribution in [1.29, 1.82) is 5.41 Å². The Balaban J connectivity index is 1.59. The third kappa shape index (κ3) is 4.73. The van der Waals surface area contributed by atoms with Crippen LogP contribution in [0, 0.1) is 5.41 Å². The van der Waals surface area contributed by atoms with E-state index in [-0.39, 0.29) is 0 Å². The fourth-order valence-corrected chi connectivity index (χ4v) is 4.60. The van der Waals surface area contributed by atoms with E-state index >= 15 is 0 Å². The number of rotatable bonds is 7. The highest BCUT2D eigenvalue weighted by atomic mass is 15.5. The zero-order valence-electron chi connectivity index (χ0n) is 19.6. The molecule has 1 aliphatic rings. The van der Waals surface area contributed by atoms with Gasteiger partial charge in [0, 0.05) is 42.0 Å². The largest absolute Gasteiger partial charge is 0.398 e. The molecule has 4 rings (SSSR count). The first-order valence-corrected chi connectivity index (χ1v) is 11.6. The molecule has 3 aromatic rings. The minimum absolute atomic E-state index is 0.440. The van der Waals surface area contributed by atoms with Gasteiger partial charge in [-0.3, -0.25) is 0 Å². The van der Waals surface area contributed by atoms with Crippen LogP contribution in [0.4, 0.5) is 11.5 Å². The highest BCUT2D eigenvalue weighted by Crippen LogP contribution is 2.33. The smallest absolute Gasteiger partial charge is 0.151 e. The number of anilines is 2. The van der Waals surface area contributed by atoms with Crippen LogP contribution < -0.4 is 16.0 Å². The normalized spacial score (nSPS) is 18.6. The van der Waals surface area contributed by atoms with Gasteiger partial charge in [0.15, 0.2) is 5.82 Å². The molecule has 1 saturated carbocycles. The maximum atomic E-state index is 7.93. The van der Waals surface area contributed by atoms with Gasteiger partial charge in [-0.15, -0.1) is 10.2 Å². The van der Waals surface area contributed by atoms with Gasteiger partial charge in [0.1, 0.15) is 5.69 Å². The zero-order chi connectivity index (χ0) is 23.4. The van der Waals surface area contributed by atoms with Crippen LogP contribution in [0.2, 0.25) is 0 Å². The van der Waals surface area contributed by atoms with Gasteiger partial charge >= 0.3 is 0 Å². The molecule has 0 spiro atoms. The van der Waals surface area contributed by atoms with Crippen molar-refractivity contribution in [3.05, 3.63) is 36.0 Å². The highest BCUT2D eigenvalue weighted by Gasteiger charge is 2.24. The first kappa shape index (κ1) is 22.8. The number of nitrogen functional groups attached to an aromatic ring is 1. The Morgan fingerprint density at radius 3 is 2.61 bits per heavy atom. The lowest BCUT2D eigenvalue weighted by Crippen LogP contribution is -2.37.